The molecule has 0 spiro atoms. The fourth-order valence-electron chi connectivity index (χ4n) is 2.56. The third-order valence-electron chi connectivity index (χ3n) is 3.73. The van der Waals surface area contributed by atoms with Gasteiger partial charge in [0, 0.05) is 11.0 Å². The molecule has 1 aliphatic heterocycles. The van der Waals surface area contributed by atoms with Gasteiger partial charge in [0.15, 0.2) is 6.61 Å². The highest BCUT2D eigenvalue weighted by atomic mass is 79.9. The van der Waals surface area contributed by atoms with E-state index in [4.69, 9.17) is 4.74 Å². The summed E-state index contributed by atoms with van der Waals surface area (Å²) in [4.78, 5) is 1.58. The lowest BCUT2D eigenvalue weighted by atomic mass is 10.1. The zero-order valence-corrected chi connectivity index (χ0v) is 14.0. The molecule has 2 aromatic carbocycles. The summed E-state index contributed by atoms with van der Waals surface area (Å²) in [5, 5.41) is 0. The van der Waals surface area contributed by atoms with Crippen LogP contribution >= 0.6 is 15.9 Å². The van der Waals surface area contributed by atoms with E-state index in [1.807, 2.05) is 13.0 Å². The van der Waals surface area contributed by atoms with E-state index in [-0.39, 0.29) is 12.4 Å². The molecule has 122 valence electrons. The second kappa shape index (κ2) is 6.07. The first-order chi connectivity index (χ1) is 10.8. The van der Waals surface area contributed by atoms with Crippen molar-refractivity contribution in [3.05, 3.63) is 57.8 Å². The van der Waals surface area contributed by atoms with E-state index in [0.29, 0.717) is 11.4 Å². The van der Waals surface area contributed by atoms with Crippen LogP contribution in [0.15, 0.2) is 40.9 Å². The van der Waals surface area contributed by atoms with Crippen molar-refractivity contribution >= 4 is 21.6 Å². The third kappa shape index (κ3) is 3.63. The maximum atomic E-state index is 14.0. The normalized spacial score (nSPS) is 16.5. The average molecular weight is 386 g/mol. The summed E-state index contributed by atoms with van der Waals surface area (Å²) in [7, 11) is 0. The SMILES string of the molecule is Cc1cc2c(cc1Br)OCC(F)(F)CN2Cc1ccc(F)cc1. The van der Waals surface area contributed by atoms with Crippen molar-refractivity contribution in [2.75, 3.05) is 18.1 Å². The van der Waals surface area contributed by atoms with Crippen molar-refractivity contribution < 1.29 is 17.9 Å². The summed E-state index contributed by atoms with van der Waals surface area (Å²) in [6.45, 7) is 1.05. The van der Waals surface area contributed by atoms with Gasteiger partial charge in [-0.2, -0.15) is 0 Å². The second-order valence-electron chi connectivity index (χ2n) is 5.70. The third-order valence-corrected chi connectivity index (χ3v) is 4.58. The maximum absolute atomic E-state index is 14.0. The number of aryl methyl sites for hydroxylation is 1. The molecular formula is C17H15BrF3NO. The molecular weight excluding hydrogens is 371 g/mol. The van der Waals surface area contributed by atoms with Gasteiger partial charge in [-0.25, -0.2) is 13.2 Å². The van der Waals surface area contributed by atoms with E-state index in [2.05, 4.69) is 15.9 Å². The summed E-state index contributed by atoms with van der Waals surface area (Å²) in [5.41, 5.74) is 2.31. The number of hydrogen-bond acceptors (Lipinski definition) is 2. The Hall–Kier alpha value is -1.69. The highest BCUT2D eigenvalue weighted by Crippen LogP contribution is 2.39. The van der Waals surface area contributed by atoms with Crippen LogP contribution in [0.1, 0.15) is 11.1 Å². The van der Waals surface area contributed by atoms with Gasteiger partial charge < -0.3 is 9.64 Å². The number of anilines is 1. The Labute approximate surface area is 141 Å². The molecule has 0 amide bonds. The molecule has 0 N–H and O–H groups in total. The minimum Gasteiger partial charge on any atom is -0.485 e. The molecule has 3 rings (SSSR count). The molecule has 0 aliphatic carbocycles. The largest absolute Gasteiger partial charge is 0.485 e. The summed E-state index contributed by atoms with van der Waals surface area (Å²) in [6.07, 6.45) is 0. The van der Waals surface area contributed by atoms with E-state index >= 15 is 0 Å². The molecule has 2 aromatic rings. The molecule has 0 aromatic heterocycles. The molecule has 0 atom stereocenters. The number of alkyl halides is 2. The van der Waals surface area contributed by atoms with E-state index in [9.17, 15) is 13.2 Å². The molecule has 0 fully saturated rings. The molecule has 0 unspecified atom stereocenters. The van der Waals surface area contributed by atoms with Gasteiger partial charge in [0.1, 0.15) is 11.6 Å². The summed E-state index contributed by atoms with van der Waals surface area (Å²) < 4.78 is 47.2. The lowest BCUT2D eigenvalue weighted by Crippen LogP contribution is -2.38. The van der Waals surface area contributed by atoms with Crippen LogP contribution in [0.3, 0.4) is 0 Å². The van der Waals surface area contributed by atoms with Gasteiger partial charge in [0.05, 0.1) is 12.2 Å². The standard InChI is InChI=1S/C17H15BrF3NO/c1-11-6-15-16(7-14(11)18)23-10-17(20,21)9-22(15)8-12-2-4-13(19)5-3-12/h2-7H,8-10H2,1H3. The smallest absolute Gasteiger partial charge is 0.298 e. The first-order valence-corrected chi connectivity index (χ1v) is 7.93. The van der Waals surface area contributed by atoms with Crippen LogP contribution in [0.5, 0.6) is 5.75 Å². The number of benzene rings is 2. The van der Waals surface area contributed by atoms with Crippen molar-refractivity contribution in [1.29, 1.82) is 0 Å². The van der Waals surface area contributed by atoms with Crippen molar-refractivity contribution in [1.82, 2.24) is 0 Å². The molecule has 6 heteroatoms. The van der Waals surface area contributed by atoms with Crippen LogP contribution in [0.4, 0.5) is 18.9 Å². The number of rotatable bonds is 2. The van der Waals surface area contributed by atoms with E-state index in [0.717, 1.165) is 15.6 Å². The maximum Gasteiger partial charge on any atom is 0.298 e. The van der Waals surface area contributed by atoms with Crippen molar-refractivity contribution in [3.63, 3.8) is 0 Å². The summed E-state index contributed by atoms with van der Waals surface area (Å²) in [6, 6.07) is 9.40. The number of halogens is 4. The van der Waals surface area contributed by atoms with Crippen LogP contribution in [0.25, 0.3) is 0 Å². The van der Waals surface area contributed by atoms with Crippen LogP contribution in [-0.2, 0) is 6.54 Å². The Bertz CT molecular complexity index is 719. The lowest BCUT2D eigenvalue weighted by Gasteiger charge is -2.26. The Balaban J connectivity index is 1.99. The topological polar surface area (TPSA) is 12.5 Å². The van der Waals surface area contributed by atoms with Crippen LogP contribution in [0, 0.1) is 12.7 Å². The monoisotopic (exact) mass is 385 g/mol. The van der Waals surface area contributed by atoms with Gasteiger partial charge in [-0.05, 0) is 42.3 Å². The zero-order valence-electron chi connectivity index (χ0n) is 12.5. The highest BCUT2D eigenvalue weighted by molar-refractivity contribution is 9.10. The van der Waals surface area contributed by atoms with Gasteiger partial charge in [0.25, 0.3) is 5.92 Å². The quantitative estimate of drug-likeness (QED) is 0.726. The van der Waals surface area contributed by atoms with E-state index < -0.39 is 19.1 Å². The van der Waals surface area contributed by atoms with Crippen molar-refractivity contribution in [2.24, 2.45) is 0 Å². The minimum atomic E-state index is -2.96. The predicted molar refractivity (Wildman–Crippen MR) is 86.8 cm³/mol. The van der Waals surface area contributed by atoms with Gasteiger partial charge in [-0.1, -0.05) is 28.1 Å². The average Bonchev–Trinajstić information content (AvgIpc) is 2.60. The predicted octanol–water partition coefficient (Wildman–Crippen LogP) is 4.93. The Kier molecular flexibility index (Phi) is 4.27. The number of ether oxygens (including phenoxy) is 1. The highest BCUT2D eigenvalue weighted by Gasteiger charge is 2.37. The van der Waals surface area contributed by atoms with Gasteiger partial charge in [-0.15, -0.1) is 0 Å². The molecule has 2 nitrogen and oxygen atoms in total. The first-order valence-electron chi connectivity index (χ1n) is 7.14. The Morgan fingerprint density at radius 3 is 2.61 bits per heavy atom. The van der Waals surface area contributed by atoms with Crippen molar-refractivity contribution in [3.8, 4) is 5.75 Å². The van der Waals surface area contributed by atoms with Gasteiger partial charge in [0.2, 0.25) is 0 Å². The summed E-state index contributed by atoms with van der Waals surface area (Å²) in [5.74, 6) is -2.89. The number of fused-ring (bicyclic) bond motifs is 1. The van der Waals surface area contributed by atoms with Crippen LogP contribution in [-0.4, -0.2) is 19.1 Å². The molecule has 23 heavy (non-hydrogen) atoms. The molecule has 1 aliphatic rings. The van der Waals surface area contributed by atoms with Gasteiger partial charge >= 0.3 is 0 Å². The molecule has 0 bridgehead atoms. The fraction of sp³-hybridized carbons (Fsp3) is 0.294. The first kappa shape index (κ1) is 16.2. The van der Waals surface area contributed by atoms with E-state index in [1.54, 1.807) is 23.1 Å². The summed E-state index contributed by atoms with van der Waals surface area (Å²) >= 11 is 3.40. The number of nitrogens with zero attached hydrogens (tertiary/aromatic N) is 1. The number of hydrogen-bond donors (Lipinski definition) is 0. The van der Waals surface area contributed by atoms with Crippen LogP contribution < -0.4 is 9.64 Å². The van der Waals surface area contributed by atoms with Crippen molar-refractivity contribution in [2.45, 2.75) is 19.4 Å². The lowest BCUT2D eigenvalue weighted by molar-refractivity contribution is -0.0292. The van der Waals surface area contributed by atoms with E-state index in [1.165, 1.54) is 12.1 Å². The zero-order chi connectivity index (χ0) is 16.6. The Morgan fingerprint density at radius 1 is 1.22 bits per heavy atom. The fourth-order valence-corrected chi connectivity index (χ4v) is 2.88. The minimum absolute atomic E-state index is 0.257. The molecule has 0 radical (unpaired) electrons. The van der Waals surface area contributed by atoms with Crippen LogP contribution in [0.2, 0.25) is 0 Å². The second-order valence-corrected chi connectivity index (χ2v) is 6.55. The molecule has 0 saturated carbocycles. The van der Waals surface area contributed by atoms with Gasteiger partial charge in [-0.3, -0.25) is 0 Å². The molecule has 0 saturated heterocycles. The Morgan fingerprint density at radius 2 is 1.91 bits per heavy atom. The molecule has 1 heterocycles.